The first kappa shape index (κ1) is 26.5. The summed E-state index contributed by atoms with van der Waals surface area (Å²) < 4.78 is 11.2. The second-order valence-electron chi connectivity index (χ2n) is 9.93. The minimum atomic E-state index is -0.605. The Kier molecular flexibility index (Phi) is 8.38. The first-order valence-electron chi connectivity index (χ1n) is 13.0. The van der Waals surface area contributed by atoms with Crippen LogP contribution in [0.2, 0.25) is 0 Å². The molecule has 8 heteroatoms. The number of nitrogens with zero attached hydrogens (tertiary/aromatic N) is 2. The zero-order valence-corrected chi connectivity index (χ0v) is 22.5. The van der Waals surface area contributed by atoms with Crippen LogP contribution in [0, 0.1) is 13.8 Å². The molecular formula is C29H38N4O4. The van der Waals surface area contributed by atoms with Crippen LogP contribution in [0.25, 0.3) is 0 Å². The van der Waals surface area contributed by atoms with Crippen LogP contribution < -0.4 is 20.3 Å². The Bertz CT molecular complexity index is 1150. The van der Waals surface area contributed by atoms with Gasteiger partial charge in [-0.3, -0.25) is 4.90 Å². The fourth-order valence-electron chi connectivity index (χ4n) is 4.88. The quantitative estimate of drug-likeness (QED) is 0.525. The third-order valence-corrected chi connectivity index (χ3v) is 6.69. The molecular weight excluding hydrogens is 468 g/mol. The predicted molar refractivity (Wildman–Crippen MR) is 145 cm³/mol. The highest BCUT2D eigenvalue weighted by Crippen LogP contribution is 2.30. The zero-order valence-electron chi connectivity index (χ0n) is 22.5. The number of rotatable bonds is 8. The van der Waals surface area contributed by atoms with Crippen LogP contribution in [-0.4, -0.2) is 62.3 Å². The SMILES string of the molecule is CCOC(=O)C1=C(CN2CCN(c3cc(C)ccc3C)CC2)NC(=O)N[C@H]1c1ccc(OC(C)C)cc1. The summed E-state index contributed by atoms with van der Waals surface area (Å²) in [6, 6.07) is 13.1. The van der Waals surface area contributed by atoms with E-state index in [1.807, 2.05) is 38.1 Å². The molecule has 1 atom stereocenters. The summed E-state index contributed by atoms with van der Waals surface area (Å²) in [7, 11) is 0. The maximum Gasteiger partial charge on any atom is 0.338 e. The number of urea groups is 1. The van der Waals surface area contributed by atoms with Crippen molar-refractivity contribution in [2.45, 2.75) is 46.8 Å². The van der Waals surface area contributed by atoms with E-state index in [9.17, 15) is 9.59 Å². The summed E-state index contributed by atoms with van der Waals surface area (Å²) >= 11 is 0. The van der Waals surface area contributed by atoms with Crippen molar-refractivity contribution in [3.8, 4) is 5.75 Å². The number of esters is 1. The van der Waals surface area contributed by atoms with Crippen molar-refractivity contribution in [3.05, 3.63) is 70.4 Å². The van der Waals surface area contributed by atoms with Gasteiger partial charge in [0.25, 0.3) is 0 Å². The summed E-state index contributed by atoms with van der Waals surface area (Å²) in [5, 5.41) is 5.81. The van der Waals surface area contributed by atoms with E-state index in [4.69, 9.17) is 9.47 Å². The lowest BCUT2D eigenvalue weighted by molar-refractivity contribution is -0.139. The van der Waals surface area contributed by atoms with E-state index < -0.39 is 12.0 Å². The molecule has 2 aliphatic heterocycles. The molecule has 2 heterocycles. The van der Waals surface area contributed by atoms with Gasteiger partial charge in [-0.25, -0.2) is 9.59 Å². The van der Waals surface area contributed by atoms with Crippen LogP contribution in [0.1, 0.15) is 43.5 Å². The summed E-state index contributed by atoms with van der Waals surface area (Å²) in [5.41, 5.74) is 5.62. The van der Waals surface area contributed by atoms with Gasteiger partial charge < -0.3 is 25.0 Å². The summed E-state index contributed by atoms with van der Waals surface area (Å²) in [4.78, 5) is 30.5. The standard InChI is InChI=1S/C29H38N4O4/c1-6-36-28(34)26-24(18-32-13-15-33(16-14-32)25-17-20(4)7-8-21(25)5)30-29(35)31-27(26)22-9-11-23(12-10-22)37-19(2)3/h7-12,17,19,27H,6,13-16,18H2,1-5H3,(H2,30,31,35)/t27-/m0/s1. The van der Waals surface area contributed by atoms with E-state index in [1.54, 1.807) is 6.92 Å². The number of carbonyl (C=O) groups excluding carboxylic acids is 2. The molecule has 2 aromatic rings. The van der Waals surface area contributed by atoms with E-state index in [0.717, 1.165) is 37.5 Å². The van der Waals surface area contributed by atoms with Crippen molar-refractivity contribution < 1.29 is 19.1 Å². The number of anilines is 1. The van der Waals surface area contributed by atoms with Crippen LogP contribution in [0.4, 0.5) is 10.5 Å². The minimum absolute atomic E-state index is 0.0568. The van der Waals surface area contributed by atoms with Gasteiger partial charge in [0.05, 0.1) is 24.3 Å². The van der Waals surface area contributed by atoms with Crippen LogP contribution in [-0.2, 0) is 9.53 Å². The molecule has 198 valence electrons. The molecule has 0 bridgehead atoms. The van der Waals surface area contributed by atoms with Crippen LogP contribution in [0.15, 0.2) is 53.7 Å². The van der Waals surface area contributed by atoms with Gasteiger partial charge in [-0.1, -0.05) is 24.3 Å². The van der Waals surface area contributed by atoms with E-state index in [0.29, 0.717) is 17.8 Å². The van der Waals surface area contributed by atoms with Gasteiger partial charge >= 0.3 is 12.0 Å². The molecule has 0 aromatic heterocycles. The minimum Gasteiger partial charge on any atom is -0.491 e. The average Bonchev–Trinajstić information content (AvgIpc) is 2.86. The van der Waals surface area contributed by atoms with Gasteiger partial charge in [0.2, 0.25) is 0 Å². The Labute approximate surface area is 219 Å². The number of piperazine rings is 1. The number of hydrogen-bond acceptors (Lipinski definition) is 6. The van der Waals surface area contributed by atoms with Crippen LogP contribution >= 0.6 is 0 Å². The lowest BCUT2D eigenvalue weighted by Gasteiger charge is -2.38. The largest absolute Gasteiger partial charge is 0.491 e. The second-order valence-corrected chi connectivity index (χ2v) is 9.93. The molecule has 2 amide bonds. The summed E-state index contributed by atoms with van der Waals surface area (Å²) in [5.74, 6) is 0.314. The number of benzene rings is 2. The summed E-state index contributed by atoms with van der Waals surface area (Å²) in [6.45, 7) is 14.1. The van der Waals surface area contributed by atoms with E-state index in [2.05, 4.69) is 52.5 Å². The van der Waals surface area contributed by atoms with Gasteiger partial charge in [-0.05, 0) is 69.5 Å². The van der Waals surface area contributed by atoms with Gasteiger partial charge in [0.15, 0.2) is 0 Å². The van der Waals surface area contributed by atoms with Crippen molar-refractivity contribution in [3.63, 3.8) is 0 Å². The molecule has 0 aliphatic carbocycles. The summed E-state index contributed by atoms with van der Waals surface area (Å²) in [6.07, 6.45) is 0.0568. The maximum absolute atomic E-state index is 13.1. The lowest BCUT2D eigenvalue weighted by atomic mass is 9.94. The molecule has 8 nitrogen and oxygen atoms in total. The fraction of sp³-hybridized carbons (Fsp3) is 0.448. The van der Waals surface area contributed by atoms with E-state index in [1.165, 1.54) is 16.8 Å². The van der Waals surface area contributed by atoms with E-state index in [-0.39, 0.29) is 18.7 Å². The third-order valence-electron chi connectivity index (χ3n) is 6.69. The fourth-order valence-corrected chi connectivity index (χ4v) is 4.88. The smallest absolute Gasteiger partial charge is 0.338 e. The lowest BCUT2D eigenvalue weighted by Crippen LogP contribution is -2.52. The Balaban J connectivity index is 1.55. The first-order valence-corrected chi connectivity index (χ1v) is 13.0. The van der Waals surface area contributed by atoms with Crippen molar-refractivity contribution >= 4 is 17.7 Å². The number of carbonyl (C=O) groups is 2. The molecule has 4 rings (SSSR count). The van der Waals surface area contributed by atoms with Gasteiger partial charge in [-0.2, -0.15) is 0 Å². The maximum atomic E-state index is 13.1. The molecule has 0 unspecified atom stereocenters. The molecule has 0 spiro atoms. The highest BCUT2D eigenvalue weighted by Gasteiger charge is 2.34. The highest BCUT2D eigenvalue weighted by atomic mass is 16.5. The zero-order chi connectivity index (χ0) is 26.5. The molecule has 1 fully saturated rings. The molecule has 2 aromatic carbocycles. The Morgan fingerprint density at radius 3 is 2.41 bits per heavy atom. The number of hydrogen-bond donors (Lipinski definition) is 2. The average molecular weight is 507 g/mol. The monoisotopic (exact) mass is 506 g/mol. The van der Waals surface area contributed by atoms with Crippen LogP contribution in [0.5, 0.6) is 5.75 Å². The van der Waals surface area contributed by atoms with E-state index >= 15 is 0 Å². The first-order chi connectivity index (χ1) is 17.7. The Morgan fingerprint density at radius 1 is 1.05 bits per heavy atom. The Morgan fingerprint density at radius 2 is 1.76 bits per heavy atom. The molecule has 2 aliphatic rings. The predicted octanol–water partition coefficient (Wildman–Crippen LogP) is 4.08. The normalized spacial score (nSPS) is 18.5. The van der Waals surface area contributed by atoms with Gasteiger partial charge in [-0.15, -0.1) is 0 Å². The number of nitrogens with one attached hydrogen (secondary N) is 2. The molecule has 0 saturated carbocycles. The number of aryl methyl sites for hydroxylation is 2. The molecule has 0 radical (unpaired) electrons. The molecule has 1 saturated heterocycles. The second kappa shape index (κ2) is 11.7. The van der Waals surface area contributed by atoms with Crippen molar-refractivity contribution in [2.75, 3.05) is 44.2 Å². The Hall–Kier alpha value is -3.52. The number of amides is 2. The van der Waals surface area contributed by atoms with Gasteiger partial charge in [0, 0.05) is 44.1 Å². The third kappa shape index (κ3) is 6.43. The van der Waals surface area contributed by atoms with Crippen molar-refractivity contribution in [2.24, 2.45) is 0 Å². The van der Waals surface area contributed by atoms with Gasteiger partial charge in [0.1, 0.15) is 5.75 Å². The molecule has 37 heavy (non-hydrogen) atoms. The molecule has 2 N–H and O–H groups in total. The van der Waals surface area contributed by atoms with Crippen molar-refractivity contribution in [1.82, 2.24) is 15.5 Å². The topological polar surface area (TPSA) is 83.1 Å². The van der Waals surface area contributed by atoms with Crippen LogP contribution in [0.3, 0.4) is 0 Å². The number of ether oxygens (including phenoxy) is 2. The highest BCUT2D eigenvalue weighted by molar-refractivity contribution is 5.95. The van der Waals surface area contributed by atoms with Crippen molar-refractivity contribution in [1.29, 1.82) is 0 Å².